The zero-order chi connectivity index (χ0) is 15.2. The summed E-state index contributed by atoms with van der Waals surface area (Å²) in [6.45, 7) is 4.23. The van der Waals surface area contributed by atoms with Crippen molar-refractivity contribution in [3.63, 3.8) is 0 Å². The van der Waals surface area contributed by atoms with Gasteiger partial charge in [0.05, 0.1) is 0 Å². The lowest BCUT2D eigenvalue weighted by molar-refractivity contribution is -0.116. The van der Waals surface area contributed by atoms with Crippen LogP contribution < -0.4 is 5.32 Å². The Kier molecular flexibility index (Phi) is 5.38. The van der Waals surface area contributed by atoms with E-state index in [0.29, 0.717) is 12.3 Å². The summed E-state index contributed by atoms with van der Waals surface area (Å²) in [6.07, 6.45) is 3.14. The molecule has 0 saturated heterocycles. The molecule has 112 valence electrons. The van der Waals surface area contributed by atoms with Gasteiger partial charge in [0.2, 0.25) is 5.91 Å². The van der Waals surface area contributed by atoms with E-state index in [4.69, 9.17) is 0 Å². The van der Waals surface area contributed by atoms with Crippen molar-refractivity contribution in [1.82, 2.24) is 14.8 Å². The van der Waals surface area contributed by atoms with Crippen molar-refractivity contribution in [2.24, 2.45) is 13.0 Å². The molecule has 0 saturated carbocycles. The first-order chi connectivity index (χ1) is 10.0. The van der Waals surface area contributed by atoms with Crippen LogP contribution in [0.1, 0.15) is 26.7 Å². The summed E-state index contributed by atoms with van der Waals surface area (Å²) in [7, 11) is 1.91. The van der Waals surface area contributed by atoms with Gasteiger partial charge in [-0.15, -0.1) is 10.2 Å². The molecule has 1 heterocycles. The first-order valence-electron chi connectivity index (χ1n) is 6.96. The molecule has 5 nitrogen and oxygen atoms in total. The maximum Gasteiger partial charge on any atom is 0.224 e. The largest absolute Gasteiger partial charge is 0.326 e. The summed E-state index contributed by atoms with van der Waals surface area (Å²) >= 11 is 1.54. The van der Waals surface area contributed by atoms with Crippen LogP contribution in [0.15, 0.2) is 40.6 Å². The van der Waals surface area contributed by atoms with Gasteiger partial charge in [-0.3, -0.25) is 4.79 Å². The highest BCUT2D eigenvalue weighted by Gasteiger charge is 2.06. The average Bonchev–Trinajstić information content (AvgIpc) is 2.84. The zero-order valence-electron chi connectivity index (χ0n) is 12.5. The molecule has 0 radical (unpaired) electrons. The van der Waals surface area contributed by atoms with Crippen LogP contribution in [-0.4, -0.2) is 20.7 Å². The second-order valence-electron chi connectivity index (χ2n) is 5.33. The molecule has 1 amide bonds. The maximum absolute atomic E-state index is 11.8. The Hall–Kier alpha value is -1.82. The molecule has 0 aliphatic rings. The monoisotopic (exact) mass is 304 g/mol. The summed E-state index contributed by atoms with van der Waals surface area (Å²) in [4.78, 5) is 12.8. The van der Waals surface area contributed by atoms with Crippen molar-refractivity contribution in [2.75, 3.05) is 5.32 Å². The Labute approximate surface area is 129 Å². The van der Waals surface area contributed by atoms with E-state index < -0.39 is 0 Å². The summed E-state index contributed by atoms with van der Waals surface area (Å²) in [5, 5.41) is 11.6. The molecule has 6 heteroatoms. The number of anilines is 1. The van der Waals surface area contributed by atoms with E-state index in [-0.39, 0.29) is 5.91 Å². The fourth-order valence-corrected chi connectivity index (χ4v) is 2.48. The van der Waals surface area contributed by atoms with Crippen LogP contribution in [0.5, 0.6) is 0 Å². The quantitative estimate of drug-likeness (QED) is 0.889. The van der Waals surface area contributed by atoms with Crippen LogP contribution in [0.2, 0.25) is 0 Å². The van der Waals surface area contributed by atoms with E-state index in [1.54, 1.807) is 6.33 Å². The van der Waals surface area contributed by atoms with Gasteiger partial charge in [-0.05, 0) is 48.4 Å². The summed E-state index contributed by atoms with van der Waals surface area (Å²) < 4.78 is 1.87. The molecule has 2 rings (SSSR count). The highest BCUT2D eigenvalue weighted by molar-refractivity contribution is 7.99. The topological polar surface area (TPSA) is 59.8 Å². The van der Waals surface area contributed by atoms with E-state index in [0.717, 1.165) is 22.2 Å². The number of amides is 1. The van der Waals surface area contributed by atoms with Gasteiger partial charge < -0.3 is 9.88 Å². The van der Waals surface area contributed by atoms with Crippen molar-refractivity contribution < 1.29 is 4.79 Å². The molecule has 0 aliphatic heterocycles. The molecular weight excluding hydrogens is 284 g/mol. The van der Waals surface area contributed by atoms with E-state index in [2.05, 4.69) is 29.4 Å². The average molecular weight is 304 g/mol. The summed E-state index contributed by atoms with van der Waals surface area (Å²) in [5.41, 5.74) is 0.825. The minimum absolute atomic E-state index is 0.0670. The van der Waals surface area contributed by atoms with Crippen molar-refractivity contribution in [3.05, 3.63) is 30.6 Å². The van der Waals surface area contributed by atoms with Crippen LogP contribution in [0.3, 0.4) is 0 Å². The van der Waals surface area contributed by atoms with Gasteiger partial charge in [-0.2, -0.15) is 0 Å². The SMILES string of the molecule is CC(C)CCC(=O)Nc1ccc(Sc2nncn2C)cc1. The Morgan fingerprint density at radius 3 is 2.62 bits per heavy atom. The molecule has 2 aromatic rings. The van der Waals surface area contributed by atoms with Gasteiger partial charge in [-0.25, -0.2) is 0 Å². The van der Waals surface area contributed by atoms with E-state index in [9.17, 15) is 4.79 Å². The second-order valence-corrected chi connectivity index (χ2v) is 6.37. The Morgan fingerprint density at radius 2 is 2.05 bits per heavy atom. The highest BCUT2D eigenvalue weighted by atomic mass is 32.2. The number of rotatable bonds is 6. The number of aromatic nitrogens is 3. The fourth-order valence-electron chi connectivity index (χ4n) is 1.72. The number of carbonyl (C=O) groups is 1. The lowest BCUT2D eigenvalue weighted by Gasteiger charge is -2.07. The molecule has 1 aromatic carbocycles. The van der Waals surface area contributed by atoms with Crippen molar-refractivity contribution in [3.8, 4) is 0 Å². The fraction of sp³-hybridized carbons (Fsp3) is 0.400. The number of hydrogen-bond donors (Lipinski definition) is 1. The van der Waals surface area contributed by atoms with E-state index in [1.165, 1.54) is 11.8 Å². The van der Waals surface area contributed by atoms with Gasteiger partial charge in [0, 0.05) is 24.1 Å². The standard InChI is InChI=1S/C15H20N4OS/c1-11(2)4-9-14(20)17-12-5-7-13(8-6-12)21-15-18-16-10-19(15)3/h5-8,10-11H,4,9H2,1-3H3,(H,17,20). The van der Waals surface area contributed by atoms with Gasteiger partial charge in [0.15, 0.2) is 5.16 Å². The molecule has 0 bridgehead atoms. The van der Waals surface area contributed by atoms with Gasteiger partial charge in [0.25, 0.3) is 0 Å². The predicted octanol–water partition coefficient (Wildman–Crippen LogP) is 3.34. The van der Waals surface area contributed by atoms with Crippen LogP contribution >= 0.6 is 11.8 Å². The lowest BCUT2D eigenvalue weighted by atomic mass is 10.1. The Balaban J connectivity index is 1.90. The molecule has 0 aliphatic carbocycles. The van der Waals surface area contributed by atoms with Gasteiger partial charge in [0.1, 0.15) is 6.33 Å². The molecule has 0 spiro atoms. The first kappa shape index (κ1) is 15.6. The van der Waals surface area contributed by atoms with Gasteiger partial charge >= 0.3 is 0 Å². The first-order valence-corrected chi connectivity index (χ1v) is 7.78. The van der Waals surface area contributed by atoms with E-state index >= 15 is 0 Å². The van der Waals surface area contributed by atoms with Crippen LogP contribution in [0.25, 0.3) is 0 Å². The van der Waals surface area contributed by atoms with Crippen molar-refractivity contribution in [2.45, 2.75) is 36.7 Å². The minimum atomic E-state index is 0.0670. The lowest BCUT2D eigenvalue weighted by Crippen LogP contribution is -2.11. The molecule has 1 N–H and O–H groups in total. The third kappa shape index (κ3) is 4.90. The number of hydrogen-bond acceptors (Lipinski definition) is 4. The summed E-state index contributed by atoms with van der Waals surface area (Å²) in [5.74, 6) is 0.610. The van der Waals surface area contributed by atoms with Crippen molar-refractivity contribution >= 4 is 23.4 Å². The van der Waals surface area contributed by atoms with Crippen molar-refractivity contribution in [1.29, 1.82) is 0 Å². The van der Waals surface area contributed by atoms with E-state index in [1.807, 2.05) is 35.9 Å². The molecule has 21 heavy (non-hydrogen) atoms. The zero-order valence-corrected chi connectivity index (χ0v) is 13.4. The molecule has 1 aromatic heterocycles. The normalized spacial score (nSPS) is 10.9. The minimum Gasteiger partial charge on any atom is -0.326 e. The number of carbonyl (C=O) groups excluding carboxylic acids is 1. The van der Waals surface area contributed by atoms with Crippen LogP contribution in [0.4, 0.5) is 5.69 Å². The third-order valence-electron chi connectivity index (χ3n) is 2.97. The number of benzene rings is 1. The predicted molar refractivity (Wildman–Crippen MR) is 84.3 cm³/mol. The smallest absolute Gasteiger partial charge is 0.224 e. The summed E-state index contributed by atoms with van der Waals surface area (Å²) in [6, 6.07) is 7.76. The number of nitrogens with one attached hydrogen (secondary N) is 1. The second kappa shape index (κ2) is 7.26. The molecule has 0 unspecified atom stereocenters. The maximum atomic E-state index is 11.8. The number of nitrogens with zero attached hydrogens (tertiary/aromatic N) is 3. The Morgan fingerprint density at radius 1 is 1.33 bits per heavy atom. The Bertz CT molecular complexity index is 592. The molecule has 0 atom stereocenters. The van der Waals surface area contributed by atoms with Gasteiger partial charge in [-0.1, -0.05) is 13.8 Å². The highest BCUT2D eigenvalue weighted by Crippen LogP contribution is 2.26. The molecule has 0 fully saturated rings. The van der Waals surface area contributed by atoms with Crippen LogP contribution in [0, 0.1) is 5.92 Å². The third-order valence-corrected chi connectivity index (χ3v) is 4.03. The number of aryl methyl sites for hydroxylation is 1. The van der Waals surface area contributed by atoms with Crippen LogP contribution in [-0.2, 0) is 11.8 Å². The molecular formula is C15H20N4OS.